The molecule has 0 bridgehead atoms. The molecule has 1 atom stereocenters. The number of rotatable bonds is 6. The van der Waals surface area contributed by atoms with E-state index in [2.05, 4.69) is 80.3 Å². The van der Waals surface area contributed by atoms with E-state index in [1.54, 1.807) is 0 Å². The van der Waals surface area contributed by atoms with Crippen LogP contribution in [0.25, 0.3) is 0 Å². The van der Waals surface area contributed by atoms with Crippen LogP contribution in [0.4, 0.5) is 0 Å². The fourth-order valence-corrected chi connectivity index (χ4v) is 3.21. The molecular formula is C19H28ClN. The van der Waals surface area contributed by atoms with Gasteiger partial charge in [-0.15, -0.1) is 12.4 Å². The lowest BCUT2D eigenvalue weighted by Gasteiger charge is -2.38. The summed E-state index contributed by atoms with van der Waals surface area (Å²) in [6, 6.07) is 10.9. The average Bonchev–Trinajstić information content (AvgIpc) is 2.53. The number of hydrogen-bond donors (Lipinski definition) is 0. The van der Waals surface area contributed by atoms with Gasteiger partial charge in [-0.25, -0.2) is 0 Å². The van der Waals surface area contributed by atoms with Crippen LogP contribution in [-0.2, 0) is 5.41 Å². The largest absolute Gasteiger partial charge is 0.304 e. The Bertz CT molecular complexity index is 448. The molecule has 0 saturated heterocycles. The minimum Gasteiger partial charge on any atom is -0.304 e. The summed E-state index contributed by atoms with van der Waals surface area (Å²) in [5, 5.41) is 0. The number of halogens is 1. The van der Waals surface area contributed by atoms with Gasteiger partial charge in [0.05, 0.1) is 0 Å². The van der Waals surface area contributed by atoms with Crippen molar-refractivity contribution in [1.29, 1.82) is 0 Å². The number of nitrogens with zero attached hydrogens (tertiary/aromatic N) is 1. The van der Waals surface area contributed by atoms with Gasteiger partial charge in [0, 0.05) is 12.0 Å². The Kier molecular flexibility index (Phi) is 7.21. The second-order valence-corrected chi connectivity index (χ2v) is 5.73. The minimum absolute atomic E-state index is 0. The van der Waals surface area contributed by atoms with E-state index in [0.29, 0.717) is 5.92 Å². The van der Waals surface area contributed by atoms with Crippen LogP contribution >= 0.6 is 12.4 Å². The molecular weight excluding hydrogens is 278 g/mol. The van der Waals surface area contributed by atoms with Gasteiger partial charge < -0.3 is 4.90 Å². The van der Waals surface area contributed by atoms with E-state index >= 15 is 0 Å². The van der Waals surface area contributed by atoms with Crippen molar-refractivity contribution in [3.63, 3.8) is 0 Å². The number of hydrogen-bond acceptors (Lipinski definition) is 1. The molecule has 21 heavy (non-hydrogen) atoms. The lowest BCUT2D eigenvalue weighted by Crippen LogP contribution is -2.39. The van der Waals surface area contributed by atoms with E-state index in [1.165, 1.54) is 5.56 Å². The van der Waals surface area contributed by atoms with Crippen LogP contribution in [0.2, 0.25) is 0 Å². The molecule has 1 nitrogen and oxygen atoms in total. The van der Waals surface area contributed by atoms with Gasteiger partial charge in [-0.3, -0.25) is 0 Å². The van der Waals surface area contributed by atoms with Gasteiger partial charge in [0.25, 0.3) is 0 Å². The summed E-state index contributed by atoms with van der Waals surface area (Å²) in [5.74, 6) is 0.567. The molecule has 1 aromatic carbocycles. The molecule has 116 valence electrons. The molecule has 2 rings (SSSR count). The van der Waals surface area contributed by atoms with E-state index in [1.807, 2.05) is 0 Å². The SMILES string of the molecule is CCN(CC)CC(C)C1(c2ccccc2)C=CCC=C1.Cl. The highest BCUT2D eigenvalue weighted by Gasteiger charge is 2.34. The van der Waals surface area contributed by atoms with Gasteiger partial charge in [0.2, 0.25) is 0 Å². The third kappa shape index (κ3) is 3.99. The zero-order valence-electron chi connectivity index (χ0n) is 13.5. The molecule has 0 aromatic heterocycles. The highest BCUT2D eigenvalue weighted by Crippen LogP contribution is 2.38. The summed E-state index contributed by atoms with van der Waals surface area (Å²) >= 11 is 0. The molecule has 1 aromatic rings. The topological polar surface area (TPSA) is 3.24 Å². The molecule has 0 aliphatic heterocycles. The molecule has 0 spiro atoms. The second kappa shape index (κ2) is 8.41. The van der Waals surface area contributed by atoms with Crippen LogP contribution in [0.3, 0.4) is 0 Å². The van der Waals surface area contributed by atoms with Crippen LogP contribution in [0.15, 0.2) is 54.6 Å². The third-order valence-electron chi connectivity index (χ3n) is 4.58. The normalized spacial score (nSPS) is 17.5. The lowest BCUT2D eigenvalue weighted by atomic mass is 9.68. The van der Waals surface area contributed by atoms with Gasteiger partial charge in [-0.2, -0.15) is 0 Å². The first-order chi connectivity index (χ1) is 9.73. The van der Waals surface area contributed by atoms with E-state index in [-0.39, 0.29) is 17.8 Å². The highest BCUT2D eigenvalue weighted by atomic mass is 35.5. The maximum Gasteiger partial charge on any atom is 0.0350 e. The monoisotopic (exact) mass is 305 g/mol. The zero-order valence-corrected chi connectivity index (χ0v) is 14.3. The van der Waals surface area contributed by atoms with Crippen molar-refractivity contribution in [2.24, 2.45) is 5.92 Å². The summed E-state index contributed by atoms with van der Waals surface area (Å²) in [5.41, 5.74) is 1.47. The zero-order chi connectivity index (χ0) is 14.4. The Morgan fingerprint density at radius 3 is 2.14 bits per heavy atom. The van der Waals surface area contributed by atoms with Crippen LogP contribution in [-0.4, -0.2) is 24.5 Å². The van der Waals surface area contributed by atoms with Crippen LogP contribution in [0.1, 0.15) is 32.8 Å². The molecule has 0 heterocycles. The van der Waals surface area contributed by atoms with Crippen molar-refractivity contribution < 1.29 is 0 Å². The maximum atomic E-state index is 2.52. The van der Waals surface area contributed by atoms with E-state index < -0.39 is 0 Å². The van der Waals surface area contributed by atoms with Gasteiger partial charge in [0.1, 0.15) is 0 Å². The first kappa shape index (κ1) is 18.0. The minimum atomic E-state index is 0. The van der Waals surface area contributed by atoms with E-state index in [9.17, 15) is 0 Å². The summed E-state index contributed by atoms with van der Waals surface area (Å²) < 4.78 is 0. The molecule has 0 radical (unpaired) electrons. The fourth-order valence-electron chi connectivity index (χ4n) is 3.21. The second-order valence-electron chi connectivity index (χ2n) is 5.73. The fraction of sp³-hybridized carbons (Fsp3) is 0.474. The van der Waals surface area contributed by atoms with Gasteiger partial charge in [0.15, 0.2) is 0 Å². The van der Waals surface area contributed by atoms with Gasteiger partial charge in [-0.1, -0.05) is 75.4 Å². The molecule has 0 saturated carbocycles. The highest BCUT2D eigenvalue weighted by molar-refractivity contribution is 5.85. The Hall–Kier alpha value is -1.05. The van der Waals surface area contributed by atoms with Crippen molar-refractivity contribution in [2.75, 3.05) is 19.6 Å². The van der Waals surface area contributed by atoms with E-state index in [4.69, 9.17) is 0 Å². The number of benzene rings is 1. The first-order valence-corrected chi connectivity index (χ1v) is 7.86. The summed E-state index contributed by atoms with van der Waals surface area (Å²) in [6.45, 7) is 10.3. The molecule has 1 aliphatic carbocycles. The lowest BCUT2D eigenvalue weighted by molar-refractivity contribution is 0.231. The van der Waals surface area contributed by atoms with Crippen LogP contribution in [0.5, 0.6) is 0 Å². The predicted octanol–water partition coefficient (Wildman–Crippen LogP) is 4.84. The summed E-state index contributed by atoms with van der Waals surface area (Å²) in [7, 11) is 0. The molecule has 1 aliphatic rings. The Morgan fingerprint density at radius 1 is 1.05 bits per heavy atom. The third-order valence-corrected chi connectivity index (χ3v) is 4.58. The van der Waals surface area contributed by atoms with Crippen LogP contribution in [0, 0.1) is 5.92 Å². The molecule has 1 unspecified atom stereocenters. The Labute approximate surface area is 136 Å². The van der Waals surface area contributed by atoms with Crippen molar-refractivity contribution >= 4 is 12.4 Å². The predicted molar refractivity (Wildman–Crippen MR) is 95.2 cm³/mol. The van der Waals surface area contributed by atoms with Crippen molar-refractivity contribution in [1.82, 2.24) is 4.90 Å². The Morgan fingerprint density at radius 2 is 1.62 bits per heavy atom. The van der Waals surface area contributed by atoms with Crippen molar-refractivity contribution in [3.05, 3.63) is 60.2 Å². The quantitative estimate of drug-likeness (QED) is 0.680. The Balaban J connectivity index is 0.00000220. The molecule has 2 heteroatoms. The maximum absolute atomic E-state index is 2.52. The van der Waals surface area contributed by atoms with E-state index in [0.717, 1.165) is 26.1 Å². The molecule has 0 N–H and O–H groups in total. The summed E-state index contributed by atoms with van der Waals surface area (Å²) in [4.78, 5) is 2.52. The average molecular weight is 306 g/mol. The van der Waals surface area contributed by atoms with Crippen LogP contribution < -0.4 is 0 Å². The number of allylic oxidation sites excluding steroid dienone is 4. The summed E-state index contributed by atoms with van der Waals surface area (Å²) in [6.07, 6.45) is 10.5. The molecule has 0 amide bonds. The first-order valence-electron chi connectivity index (χ1n) is 7.86. The van der Waals surface area contributed by atoms with Crippen molar-refractivity contribution in [3.8, 4) is 0 Å². The van der Waals surface area contributed by atoms with Crippen molar-refractivity contribution in [2.45, 2.75) is 32.6 Å². The molecule has 0 fully saturated rings. The standard InChI is InChI=1S/C19H27N.ClH/c1-4-20(5-2)16-17(3)19(14-10-7-11-15-19)18-12-8-6-9-13-18;/h6,8-15,17H,4-5,7,16H2,1-3H3;1H. The van der Waals surface area contributed by atoms with Gasteiger partial charge >= 0.3 is 0 Å². The van der Waals surface area contributed by atoms with Gasteiger partial charge in [-0.05, 0) is 31.0 Å². The smallest absolute Gasteiger partial charge is 0.0350 e.